The van der Waals surface area contributed by atoms with Crippen LogP contribution < -0.4 is 10.2 Å². The zero-order valence-electron chi connectivity index (χ0n) is 13.8. The number of aromatic nitrogens is 3. The quantitative estimate of drug-likeness (QED) is 0.688. The first kappa shape index (κ1) is 17.1. The van der Waals surface area contributed by atoms with Crippen LogP contribution in [0.4, 0.5) is 5.69 Å². The number of nitrogens with one attached hydrogen (secondary N) is 1. The molecule has 3 aromatic rings. The first-order valence-corrected chi connectivity index (χ1v) is 9.85. The molecule has 1 unspecified atom stereocenters. The maximum atomic E-state index is 12.5. The summed E-state index contributed by atoms with van der Waals surface area (Å²) >= 11 is 4.90. The van der Waals surface area contributed by atoms with Crippen molar-refractivity contribution in [2.45, 2.75) is 12.5 Å². The fourth-order valence-electron chi connectivity index (χ4n) is 2.95. The van der Waals surface area contributed by atoms with Crippen molar-refractivity contribution < 1.29 is 4.79 Å². The SMILES string of the molecule is O=C(NC1CCN(c2ccccc2Br)C1)c1cnc(-c2ncccn2)s1. The summed E-state index contributed by atoms with van der Waals surface area (Å²) in [6.45, 7) is 1.71. The second-order valence-corrected chi connectivity index (χ2v) is 7.84. The van der Waals surface area contributed by atoms with E-state index in [4.69, 9.17) is 0 Å². The number of thiazole rings is 1. The Balaban J connectivity index is 1.40. The molecule has 132 valence electrons. The lowest BCUT2D eigenvalue weighted by Crippen LogP contribution is -2.36. The molecule has 1 amide bonds. The van der Waals surface area contributed by atoms with Crippen LogP contribution in [0.5, 0.6) is 0 Å². The Bertz CT molecular complexity index is 917. The highest BCUT2D eigenvalue weighted by atomic mass is 79.9. The van der Waals surface area contributed by atoms with Gasteiger partial charge in [0.15, 0.2) is 10.8 Å². The molecule has 8 heteroatoms. The van der Waals surface area contributed by atoms with Crippen LogP contribution in [-0.4, -0.2) is 40.0 Å². The highest BCUT2D eigenvalue weighted by Gasteiger charge is 2.26. The average Bonchev–Trinajstić information content (AvgIpc) is 3.33. The Kier molecular flexibility index (Phi) is 4.94. The van der Waals surface area contributed by atoms with Crippen LogP contribution >= 0.6 is 27.3 Å². The minimum absolute atomic E-state index is 0.0938. The van der Waals surface area contributed by atoms with Gasteiger partial charge < -0.3 is 10.2 Å². The molecule has 0 saturated carbocycles. The summed E-state index contributed by atoms with van der Waals surface area (Å²) in [6.07, 6.45) is 5.84. The van der Waals surface area contributed by atoms with E-state index in [1.54, 1.807) is 24.7 Å². The number of rotatable bonds is 4. The maximum Gasteiger partial charge on any atom is 0.263 e. The second-order valence-electron chi connectivity index (χ2n) is 5.96. The molecule has 1 aromatic carbocycles. The lowest BCUT2D eigenvalue weighted by Gasteiger charge is -2.20. The summed E-state index contributed by atoms with van der Waals surface area (Å²) < 4.78 is 1.07. The van der Waals surface area contributed by atoms with Crippen LogP contribution in [0.2, 0.25) is 0 Å². The predicted molar refractivity (Wildman–Crippen MR) is 105 cm³/mol. The molecule has 1 N–H and O–H groups in total. The Hall–Kier alpha value is -2.32. The maximum absolute atomic E-state index is 12.5. The van der Waals surface area contributed by atoms with E-state index in [2.05, 4.69) is 47.2 Å². The number of hydrogen-bond acceptors (Lipinski definition) is 6. The van der Waals surface area contributed by atoms with Crippen molar-refractivity contribution in [2.75, 3.05) is 18.0 Å². The van der Waals surface area contributed by atoms with Crippen LogP contribution in [-0.2, 0) is 0 Å². The van der Waals surface area contributed by atoms with Crippen LogP contribution in [0.25, 0.3) is 10.8 Å². The van der Waals surface area contributed by atoms with Gasteiger partial charge in [-0.2, -0.15) is 0 Å². The van der Waals surface area contributed by atoms with Gasteiger partial charge in [-0.25, -0.2) is 15.0 Å². The molecule has 4 rings (SSSR count). The van der Waals surface area contributed by atoms with Crippen molar-refractivity contribution in [3.63, 3.8) is 0 Å². The normalized spacial score (nSPS) is 16.7. The minimum Gasteiger partial charge on any atom is -0.368 e. The van der Waals surface area contributed by atoms with Gasteiger partial charge in [0.25, 0.3) is 5.91 Å². The molecule has 1 aliphatic rings. The van der Waals surface area contributed by atoms with Crippen molar-refractivity contribution in [3.8, 4) is 10.8 Å². The monoisotopic (exact) mass is 429 g/mol. The molecule has 3 heterocycles. The average molecular weight is 430 g/mol. The van der Waals surface area contributed by atoms with Crippen molar-refractivity contribution in [3.05, 3.63) is 58.3 Å². The van der Waals surface area contributed by atoms with Crippen molar-refractivity contribution >= 4 is 38.9 Å². The summed E-state index contributed by atoms with van der Waals surface area (Å²) in [7, 11) is 0. The molecule has 2 aromatic heterocycles. The minimum atomic E-state index is -0.0938. The highest BCUT2D eigenvalue weighted by Crippen LogP contribution is 2.29. The molecule has 1 saturated heterocycles. The van der Waals surface area contributed by atoms with E-state index in [0.29, 0.717) is 15.7 Å². The summed E-state index contributed by atoms with van der Waals surface area (Å²) in [5.41, 5.74) is 1.16. The number of halogens is 1. The summed E-state index contributed by atoms with van der Waals surface area (Å²) in [5, 5.41) is 3.76. The third-order valence-electron chi connectivity index (χ3n) is 4.20. The smallest absolute Gasteiger partial charge is 0.263 e. The number of anilines is 1. The van der Waals surface area contributed by atoms with Gasteiger partial charge in [0.1, 0.15) is 4.88 Å². The zero-order chi connectivity index (χ0) is 17.9. The molecule has 0 aliphatic carbocycles. The second kappa shape index (κ2) is 7.51. The third-order valence-corrected chi connectivity index (χ3v) is 5.87. The van der Waals surface area contributed by atoms with Crippen LogP contribution in [0.1, 0.15) is 16.1 Å². The lowest BCUT2D eigenvalue weighted by molar-refractivity contribution is 0.0944. The standard InChI is InChI=1S/C18H16BrN5OS/c19-13-4-1-2-5-14(13)24-9-6-12(11-24)23-17(25)15-10-22-18(26-15)16-20-7-3-8-21-16/h1-5,7-8,10,12H,6,9,11H2,(H,23,25). The van der Waals surface area contributed by atoms with Crippen LogP contribution in [0.15, 0.2) is 53.4 Å². The molecule has 1 fully saturated rings. The predicted octanol–water partition coefficient (Wildman–Crippen LogP) is 3.37. The molecule has 0 spiro atoms. The number of benzene rings is 1. The van der Waals surface area contributed by atoms with E-state index in [1.165, 1.54) is 11.3 Å². The summed E-state index contributed by atoms with van der Waals surface area (Å²) in [5.74, 6) is 0.446. The van der Waals surface area contributed by atoms with Crippen molar-refractivity contribution in [2.24, 2.45) is 0 Å². The zero-order valence-corrected chi connectivity index (χ0v) is 16.2. The number of hydrogen-bond donors (Lipinski definition) is 1. The van der Waals surface area contributed by atoms with Crippen molar-refractivity contribution in [1.29, 1.82) is 0 Å². The first-order valence-electron chi connectivity index (χ1n) is 8.24. The lowest BCUT2D eigenvalue weighted by atomic mass is 10.2. The van der Waals surface area contributed by atoms with Gasteiger partial charge in [0.2, 0.25) is 0 Å². The number of para-hydroxylation sites is 1. The van der Waals surface area contributed by atoms with E-state index in [-0.39, 0.29) is 11.9 Å². The molecule has 0 bridgehead atoms. The Labute approximate surface area is 163 Å². The Morgan fingerprint density at radius 2 is 2.00 bits per heavy atom. The van der Waals surface area contributed by atoms with Gasteiger partial charge in [-0.1, -0.05) is 12.1 Å². The molecule has 6 nitrogen and oxygen atoms in total. The highest BCUT2D eigenvalue weighted by molar-refractivity contribution is 9.10. The molecule has 1 aliphatic heterocycles. The van der Waals surface area contributed by atoms with Gasteiger partial charge >= 0.3 is 0 Å². The van der Waals surface area contributed by atoms with Crippen LogP contribution in [0, 0.1) is 0 Å². The number of nitrogens with zero attached hydrogens (tertiary/aromatic N) is 4. The largest absolute Gasteiger partial charge is 0.368 e. The third kappa shape index (κ3) is 3.61. The van der Waals surface area contributed by atoms with Crippen LogP contribution in [0.3, 0.4) is 0 Å². The molecular formula is C18H16BrN5OS. The molecular weight excluding hydrogens is 414 g/mol. The van der Waals surface area contributed by atoms with Gasteiger partial charge in [0.05, 0.1) is 11.9 Å². The van der Waals surface area contributed by atoms with Crippen molar-refractivity contribution in [1.82, 2.24) is 20.3 Å². The van der Waals surface area contributed by atoms with Gasteiger partial charge in [-0.15, -0.1) is 11.3 Å². The van der Waals surface area contributed by atoms with Gasteiger partial charge in [0, 0.05) is 36.0 Å². The fourth-order valence-corrected chi connectivity index (χ4v) is 4.26. The van der Waals surface area contributed by atoms with E-state index in [9.17, 15) is 4.79 Å². The summed E-state index contributed by atoms with van der Waals surface area (Å²) in [6, 6.07) is 10.0. The van der Waals surface area contributed by atoms with E-state index >= 15 is 0 Å². The molecule has 1 atom stereocenters. The molecule has 26 heavy (non-hydrogen) atoms. The van der Waals surface area contributed by atoms with E-state index < -0.39 is 0 Å². The topological polar surface area (TPSA) is 71.0 Å². The Morgan fingerprint density at radius 3 is 2.81 bits per heavy atom. The van der Waals surface area contributed by atoms with E-state index in [0.717, 1.165) is 29.7 Å². The van der Waals surface area contributed by atoms with Gasteiger partial charge in [-0.05, 0) is 40.5 Å². The summed E-state index contributed by atoms with van der Waals surface area (Å²) in [4.78, 5) is 28.0. The first-order chi connectivity index (χ1) is 12.7. The number of carbonyl (C=O) groups is 1. The van der Waals surface area contributed by atoms with Gasteiger partial charge in [-0.3, -0.25) is 4.79 Å². The number of amides is 1. The Morgan fingerprint density at radius 1 is 1.19 bits per heavy atom. The fraction of sp³-hybridized carbons (Fsp3) is 0.222. The number of carbonyl (C=O) groups excluding carboxylic acids is 1. The van der Waals surface area contributed by atoms with E-state index in [1.807, 2.05) is 18.2 Å². The molecule has 0 radical (unpaired) electrons.